The lowest BCUT2D eigenvalue weighted by Crippen LogP contribution is -2.32. The van der Waals surface area contributed by atoms with Gasteiger partial charge in [0, 0.05) is 12.3 Å². The summed E-state index contributed by atoms with van der Waals surface area (Å²) in [5.74, 6) is 5.93. The van der Waals surface area contributed by atoms with Gasteiger partial charge in [0.1, 0.15) is 0 Å². The SMILES string of the molecule is CCC(C)C(NN)c1ccc(S(C)(=O)=O)cc1. The summed E-state index contributed by atoms with van der Waals surface area (Å²) in [4.78, 5) is 0.334. The number of nitrogens with one attached hydrogen (secondary N) is 1. The standard InChI is InChI=1S/C12H20N2O2S/c1-4-9(2)12(14-13)10-5-7-11(8-6-10)17(3,15)16/h5-9,12,14H,4,13H2,1-3H3. The number of hydrogen-bond acceptors (Lipinski definition) is 4. The van der Waals surface area contributed by atoms with Crippen LogP contribution in [0, 0.1) is 5.92 Å². The van der Waals surface area contributed by atoms with Crippen LogP contribution in [-0.2, 0) is 9.84 Å². The highest BCUT2D eigenvalue weighted by Crippen LogP contribution is 2.24. The second-order valence-corrected chi connectivity index (χ2v) is 6.39. The molecule has 0 aliphatic rings. The fourth-order valence-corrected chi connectivity index (χ4v) is 2.38. The third kappa shape index (κ3) is 3.52. The lowest BCUT2D eigenvalue weighted by atomic mass is 9.93. The first-order valence-electron chi connectivity index (χ1n) is 5.66. The summed E-state index contributed by atoms with van der Waals surface area (Å²) in [6, 6.07) is 6.92. The molecule has 5 heteroatoms. The van der Waals surface area contributed by atoms with Crippen molar-refractivity contribution in [2.45, 2.75) is 31.2 Å². The van der Waals surface area contributed by atoms with Gasteiger partial charge < -0.3 is 0 Å². The van der Waals surface area contributed by atoms with Crippen molar-refractivity contribution in [3.8, 4) is 0 Å². The topological polar surface area (TPSA) is 72.2 Å². The molecule has 0 heterocycles. The van der Waals surface area contributed by atoms with Gasteiger partial charge in [0.15, 0.2) is 9.84 Å². The lowest BCUT2D eigenvalue weighted by Gasteiger charge is -2.22. The van der Waals surface area contributed by atoms with Crippen LogP contribution in [0.5, 0.6) is 0 Å². The number of benzene rings is 1. The van der Waals surface area contributed by atoms with Crippen LogP contribution in [0.4, 0.5) is 0 Å². The van der Waals surface area contributed by atoms with Crippen molar-refractivity contribution in [2.24, 2.45) is 11.8 Å². The zero-order valence-corrected chi connectivity index (χ0v) is 11.3. The molecule has 2 atom stereocenters. The largest absolute Gasteiger partial charge is 0.271 e. The van der Waals surface area contributed by atoms with Gasteiger partial charge in [0.2, 0.25) is 0 Å². The van der Waals surface area contributed by atoms with E-state index < -0.39 is 9.84 Å². The molecule has 0 aliphatic heterocycles. The molecular weight excluding hydrogens is 236 g/mol. The van der Waals surface area contributed by atoms with Crippen molar-refractivity contribution in [1.82, 2.24) is 5.43 Å². The molecule has 1 aromatic rings. The summed E-state index contributed by atoms with van der Waals surface area (Å²) >= 11 is 0. The molecule has 0 bridgehead atoms. The van der Waals surface area contributed by atoms with Crippen molar-refractivity contribution >= 4 is 9.84 Å². The van der Waals surface area contributed by atoms with Gasteiger partial charge in [-0.15, -0.1) is 0 Å². The molecule has 0 saturated heterocycles. The van der Waals surface area contributed by atoms with Gasteiger partial charge in [-0.05, 0) is 23.6 Å². The van der Waals surface area contributed by atoms with Gasteiger partial charge in [-0.3, -0.25) is 11.3 Å². The minimum atomic E-state index is -3.13. The summed E-state index contributed by atoms with van der Waals surface area (Å²) in [7, 11) is -3.13. The molecule has 0 spiro atoms. The number of hydrazine groups is 1. The number of nitrogens with two attached hydrogens (primary N) is 1. The molecule has 1 rings (SSSR count). The Kier molecular flexibility index (Phi) is 4.68. The first kappa shape index (κ1) is 14.2. The Morgan fingerprint density at radius 3 is 2.18 bits per heavy atom. The number of sulfone groups is 1. The molecule has 0 saturated carbocycles. The van der Waals surface area contributed by atoms with E-state index in [0.29, 0.717) is 10.8 Å². The predicted molar refractivity (Wildman–Crippen MR) is 69.1 cm³/mol. The highest BCUT2D eigenvalue weighted by molar-refractivity contribution is 7.90. The summed E-state index contributed by atoms with van der Waals surface area (Å²) in [6.07, 6.45) is 2.21. The van der Waals surface area contributed by atoms with Crippen LogP contribution in [0.1, 0.15) is 31.9 Å². The highest BCUT2D eigenvalue weighted by atomic mass is 32.2. The average molecular weight is 256 g/mol. The molecule has 0 fully saturated rings. The van der Waals surface area contributed by atoms with E-state index in [4.69, 9.17) is 5.84 Å². The summed E-state index contributed by atoms with van der Waals surface area (Å²) in [5.41, 5.74) is 3.79. The predicted octanol–water partition coefficient (Wildman–Crippen LogP) is 1.64. The Morgan fingerprint density at radius 1 is 1.29 bits per heavy atom. The number of hydrogen-bond donors (Lipinski definition) is 2. The van der Waals surface area contributed by atoms with Gasteiger partial charge in [0.05, 0.1) is 4.90 Å². The van der Waals surface area contributed by atoms with Crippen LogP contribution in [-0.4, -0.2) is 14.7 Å². The maximum atomic E-state index is 11.3. The van der Waals surface area contributed by atoms with Crippen molar-refractivity contribution in [3.63, 3.8) is 0 Å². The Bertz CT molecular complexity index is 454. The van der Waals surface area contributed by atoms with E-state index >= 15 is 0 Å². The van der Waals surface area contributed by atoms with E-state index in [1.165, 1.54) is 6.26 Å². The second kappa shape index (κ2) is 5.62. The minimum absolute atomic E-state index is 0.0496. The molecule has 4 nitrogen and oxygen atoms in total. The molecule has 0 aromatic heterocycles. The van der Waals surface area contributed by atoms with E-state index in [1.54, 1.807) is 12.1 Å². The van der Waals surface area contributed by atoms with Crippen molar-refractivity contribution in [3.05, 3.63) is 29.8 Å². The Labute approximate surface area is 103 Å². The highest BCUT2D eigenvalue weighted by Gasteiger charge is 2.17. The maximum Gasteiger partial charge on any atom is 0.175 e. The van der Waals surface area contributed by atoms with Crippen molar-refractivity contribution in [1.29, 1.82) is 0 Å². The zero-order chi connectivity index (χ0) is 13.1. The van der Waals surface area contributed by atoms with E-state index in [2.05, 4.69) is 19.3 Å². The van der Waals surface area contributed by atoms with Crippen molar-refractivity contribution in [2.75, 3.05) is 6.26 Å². The quantitative estimate of drug-likeness (QED) is 0.620. The van der Waals surface area contributed by atoms with Crippen LogP contribution in [0.3, 0.4) is 0 Å². The molecule has 1 aromatic carbocycles. The van der Waals surface area contributed by atoms with E-state index in [1.807, 2.05) is 12.1 Å². The summed E-state index contributed by atoms with van der Waals surface area (Å²) in [6.45, 7) is 4.20. The second-order valence-electron chi connectivity index (χ2n) is 4.37. The molecule has 0 amide bonds. The van der Waals surface area contributed by atoms with Crippen molar-refractivity contribution < 1.29 is 8.42 Å². The third-order valence-corrected chi connectivity index (χ3v) is 4.19. The third-order valence-electron chi connectivity index (χ3n) is 3.06. The molecule has 3 N–H and O–H groups in total. The first-order chi connectivity index (χ1) is 7.90. The normalized spacial score (nSPS) is 15.5. The lowest BCUT2D eigenvalue weighted by molar-refractivity contribution is 0.383. The van der Waals surface area contributed by atoms with E-state index in [-0.39, 0.29) is 6.04 Å². The first-order valence-corrected chi connectivity index (χ1v) is 7.55. The Balaban J connectivity index is 3.01. The monoisotopic (exact) mass is 256 g/mol. The number of rotatable bonds is 5. The fourth-order valence-electron chi connectivity index (χ4n) is 1.75. The summed E-state index contributed by atoms with van der Waals surface area (Å²) < 4.78 is 22.7. The summed E-state index contributed by atoms with van der Waals surface area (Å²) in [5, 5.41) is 0. The maximum absolute atomic E-state index is 11.3. The van der Waals surface area contributed by atoms with Crippen LogP contribution in [0.15, 0.2) is 29.2 Å². The van der Waals surface area contributed by atoms with E-state index in [0.717, 1.165) is 12.0 Å². The Morgan fingerprint density at radius 2 is 1.82 bits per heavy atom. The molecular formula is C12H20N2O2S. The molecule has 0 aliphatic carbocycles. The average Bonchev–Trinajstić information content (AvgIpc) is 2.29. The molecule has 17 heavy (non-hydrogen) atoms. The van der Waals surface area contributed by atoms with Crippen LogP contribution in [0.25, 0.3) is 0 Å². The van der Waals surface area contributed by atoms with Gasteiger partial charge in [-0.2, -0.15) is 0 Å². The van der Waals surface area contributed by atoms with Crippen LogP contribution in [0.2, 0.25) is 0 Å². The van der Waals surface area contributed by atoms with Gasteiger partial charge in [0.25, 0.3) is 0 Å². The van der Waals surface area contributed by atoms with Gasteiger partial charge in [-0.25, -0.2) is 8.42 Å². The van der Waals surface area contributed by atoms with Gasteiger partial charge in [-0.1, -0.05) is 32.4 Å². The van der Waals surface area contributed by atoms with Crippen LogP contribution < -0.4 is 11.3 Å². The molecule has 2 unspecified atom stereocenters. The molecule has 0 radical (unpaired) electrons. The Hall–Kier alpha value is -0.910. The van der Waals surface area contributed by atoms with E-state index in [9.17, 15) is 8.42 Å². The van der Waals surface area contributed by atoms with Crippen LogP contribution >= 0.6 is 0 Å². The van der Waals surface area contributed by atoms with Gasteiger partial charge >= 0.3 is 0 Å². The smallest absolute Gasteiger partial charge is 0.175 e. The molecule has 96 valence electrons. The zero-order valence-electron chi connectivity index (χ0n) is 10.5. The fraction of sp³-hybridized carbons (Fsp3) is 0.500. The minimum Gasteiger partial charge on any atom is -0.271 e.